The number of amides is 1. The smallest absolute Gasteiger partial charge is 0.407 e. The standard InChI is InChI=1S/C17H26N2O3/c1-17(2,3)22-16(21)18-14-9-10-19(11-14)12-15(20)13-7-5-4-6-8-13/h4-8,14-15,20H,9-12H2,1-3H3,(H,18,21)/t14-,15?/m1/s1. The Morgan fingerprint density at radius 2 is 2.09 bits per heavy atom. The predicted octanol–water partition coefficient (Wildman–Crippen LogP) is 2.32. The van der Waals surface area contributed by atoms with Gasteiger partial charge in [-0.05, 0) is 32.8 Å². The van der Waals surface area contributed by atoms with E-state index >= 15 is 0 Å². The second kappa shape index (κ2) is 7.11. The summed E-state index contributed by atoms with van der Waals surface area (Å²) in [6.45, 7) is 7.74. The number of likely N-dealkylation sites (tertiary alicyclic amines) is 1. The second-order valence-corrected chi connectivity index (χ2v) is 6.82. The van der Waals surface area contributed by atoms with Crippen molar-refractivity contribution in [3.63, 3.8) is 0 Å². The van der Waals surface area contributed by atoms with Crippen LogP contribution in [0.25, 0.3) is 0 Å². The molecule has 2 atom stereocenters. The molecule has 1 unspecified atom stereocenters. The molecule has 22 heavy (non-hydrogen) atoms. The molecule has 5 heteroatoms. The summed E-state index contributed by atoms with van der Waals surface area (Å²) in [6, 6.07) is 9.73. The molecule has 1 saturated heterocycles. The molecule has 0 bridgehead atoms. The highest BCUT2D eigenvalue weighted by Crippen LogP contribution is 2.18. The topological polar surface area (TPSA) is 61.8 Å². The van der Waals surface area contributed by atoms with Gasteiger partial charge in [-0.2, -0.15) is 0 Å². The third kappa shape index (κ3) is 5.31. The van der Waals surface area contributed by atoms with E-state index in [1.54, 1.807) is 0 Å². The van der Waals surface area contributed by atoms with Gasteiger partial charge in [-0.25, -0.2) is 4.79 Å². The van der Waals surface area contributed by atoms with Crippen LogP contribution in [-0.2, 0) is 4.74 Å². The molecule has 1 heterocycles. The molecule has 1 aromatic carbocycles. The summed E-state index contributed by atoms with van der Waals surface area (Å²) in [5, 5.41) is 13.1. The van der Waals surface area contributed by atoms with Gasteiger partial charge in [0.1, 0.15) is 5.60 Å². The summed E-state index contributed by atoms with van der Waals surface area (Å²) < 4.78 is 5.27. The molecule has 1 aliphatic rings. The molecular formula is C17H26N2O3. The fourth-order valence-electron chi connectivity index (χ4n) is 2.62. The molecule has 0 aromatic heterocycles. The van der Waals surface area contributed by atoms with E-state index in [9.17, 15) is 9.90 Å². The quantitative estimate of drug-likeness (QED) is 0.896. The number of aliphatic hydroxyl groups is 1. The number of alkyl carbamates (subject to hydrolysis) is 1. The molecule has 0 saturated carbocycles. The third-order valence-electron chi connectivity index (χ3n) is 3.61. The van der Waals surface area contributed by atoms with Gasteiger partial charge in [0.2, 0.25) is 0 Å². The number of hydrogen-bond donors (Lipinski definition) is 2. The van der Waals surface area contributed by atoms with Gasteiger partial charge in [0.25, 0.3) is 0 Å². The minimum absolute atomic E-state index is 0.0813. The SMILES string of the molecule is CC(C)(C)OC(=O)N[C@@H]1CCN(CC(O)c2ccccc2)C1. The van der Waals surface area contributed by atoms with E-state index in [0.717, 1.165) is 25.1 Å². The fraction of sp³-hybridized carbons (Fsp3) is 0.588. The monoisotopic (exact) mass is 306 g/mol. The molecule has 0 spiro atoms. The van der Waals surface area contributed by atoms with Gasteiger partial charge in [0.05, 0.1) is 6.10 Å². The van der Waals surface area contributed by atoms with Crippen molar-refractivity contribution in [3.05, 3.63) is 35.9 Å². The normalized spacial score (nSPS) is 20.6. The Morgan fingerprint density at radius 3 is 2.73 bits per heavy atom. The van der Waals surface area contributed by atoms with Crippen molar-refractivity contribution in [2.45, 2.75) is 44.9 Å². The number of nitrogens with zero attached hydrogens (tertiary/aromatic N) is 1. The van der Waals surface area contributed by atoms with Crippen LogP contribution < -0.4 is 5.32 Å². The van der Waals surface area contributed by atoms with Gasteiger partial charge in [-0.15, -0.1) is 0 Å². The summed E-state index contributed by atoms with van der Waals surface area (Å²) >= 11 is 0. The highest BCUT2D eigenvalue weighted by Gasteiger charge is 2.27. The van der Waals surface area contributed by atoms with Crippen LogP contribution in [0, 0.1) is 0 Å². The van der Waals surface area contributed by atoms with E-state index in [-0.39, 0.29) is 12.1 Å². The Morgan fingerprint density at radius 1 is 1.41 bits per heavy atom. The van der Waals surface area contributed by atoms with Crippen molar-refractivity contribution in [2.24, 2.45) is 0 Å². The number of β-amino-alcohol motifs (C(OH)–C–C–N with tert-alkyl or cyclic N) is 1. The first-order valence-corrected chi connectivity index (χ1v) is 7.78. The molecule has 2 rings (SSSR count). The summed E-state index contributed by atoms with van der Waals surface area (Å²) in [5.74, 6) is 0. The second-order valence-electron chi connectivity index (χ2n) is 6.82. The Bertz CT molecular complexity index is 484. The molecule has 5 nitrogen and oxygen atoms in total. The van der Waals surface area contributed by atoms with Crippen molar-refractivity contribution in [1.29, 1.82) is 0 Å². The van der Waals surface area contributed by atoms with E-state index in [2.05, 4.69) is 10.2 Å². The molecule has 0 aliphatic carbocycles. The fourth-order valence-corrected chi connectivity index (χ4v) is 2.62. The maximum absolute atomic E-state index is 11.8. The number of carbonyl (C=O) groups excluding carboxylic acids is 1. The van der Waals surface area contributed by atoms with Gasteiger partial charge < -0.3 is 15.2 Å². The van der Waals surface area contributed by atoms with Crippen molar-refractivity contribution >= 4 is 6.09 Å². The largest absolute Gasteiger partial charge is 0.444 e. The van der Waals surface area contributed by atoms with Crippen molar-refractivity contribution in [1.82, 2.24) is 10.2 Å². The van der Waals surface area contributed by atoms with Gasteiger partial charge in [0, 0.05) is 25.7 Å². The summed E-state index contributed by atoms with van der Waals surface area (Å²) in [4.78, 5) is 13.9. The number of carbonyl (C=O) groups is 1. The van der Waals surface area contributed by atoms with Crippen LogP contribution in [0.15, 0.2) is 30.3 Å². The van der Waals surface area contributed by atoms with E-state index < -0.39 is 11.7 Å². The molecule has 2 N–H and O–H groups in total. The highest BCUT2D eigenvalue weighted by atomic mass is 16.6. The molecule has 1 aliphatic heterocycles. The van der Waals surface area contributed by atoms with Crippen LogP contribution in [0.4, 0.5) is 4.79 Å². The molecule has 1 fully saturated rings. The number of rotatable bonds is 4. The van der Waals surface area contributed by atoms with E-state index in [4.69, 9.17) is 4.74 Å². The maximum Gasteiger partial charge on any atom is 0.407 e. The lowest BCUT2D eigenvalue weighted by molar-refractivity contribution is 0.0504. The number of aliphatic hydroxyl groups excluding tert-OH is 1. The van der Waals surface area contributed by atoms with Crippen molar-refractivity contribution < 1.29 is 14.6 Å². The lowest BCUT2D eigenvalue weighted by atomic mass is 10.1. The molecule has 1 amide bonds. The van der Waals surface area contributed by atoms with Crippen LogP contribution >= 0.6 is 0 Å². The van der Waals surface area contributed by atoms with Gasteiger partial charge in [0.15, 0.2) is 0 Å². The Kier molecular flexibility index (Phi) is 5.42. The predicted molar refractivity (Wildman–Crippen MR) is 85.6 cm³/mol. The van der Waals surface area contributed by atoms with Gasteiger partial charge >= 0.3 is 6.09 Å². The number of benzene rings is 1. The van der Waals surface area contributed by atoms with Crippen LogP contribution in [0.2, 0.25) is 0 Å². The van der Waals surface area contributed by atoms with Crippen LogP contribution in [0.5, 0.6) is 0 Å². The zero-order valence-corrected chi connectivity index (χ0v) is 13.6. The molecular weight excluding hydrogens is 280 g/mol. The van der Waals surface area contributed by atoms with Crippen molar-refractivity contribution in [3.8, 4) is 0 Å². The van der Waals surface area contributed by atoms with E-state index in [1.165, 1.54) is 0 Å². The molecule has 1 aromatic rings. The number of hydrogen-bond acceptors (Lipinski definition) is 4. The third-order valence-corrected chi connectivity index (χ3v) is 3.61. The summed E-state index contributed by atoms with van der Waals surface area (Å²) in [5.41, 5.74) is 0.442. The lowest BCUT2D eigenvalue weighted by Gasteiger charge is -2.22. The Balaban J connectivity index is 1.77. The molecule has 0 radical (unpaired) electrons. The van der Waals surface area contributed by atoms with Crippen molar-refractivity contribution in [2.75, 3.05) is 19.6 Å². The lowest BCUT2D eigenvalue weighted by Crippen LogP contribution is -2.40. The van der Waals surface area contributed by atoms with Gasteiger partial charge in [-0.3, -0.25) is 4.90 Å². The first-order valence-electron chi connectivity index (χ1n) is 7.78. The first kappa shape index (κ1) is 16.8. The highest BCUT2D eigenvalue weighted by molar-refractivity contribution is 5.68. The van der Waals surface area contributed by atoms with Crippen LogP contribution in [0.3, 0.4) is 0 Å². The van der Waals surface area contributed by atoms with Gasteiger partial charge in [-0.1, -0.05) is 30.3 Å². The number of nitrogens with one attached hydrogen (secondary N) is 1. The Labute approximate surface area is 132 Å². The molecule has 122 valence electrons. The zero-order valence-electron chi connectivity index (χ0n) is 13.6. The zero-order chi connectivity index (χ0) is 16.2. The minimum Gasteiger partial charge on any atom is -0.444 e. The first-order chi connectivity index (χ1) is 10.3. The van der Waals surface area contributed by atoms with E-state index in [0.29, 0.717) is 6.54 Å². The van der Waals surface area contributed by atoms with E-state index in [1.807, 2.05) is 51.1 Å². The van der Waals surface area contributed by atoms with Crippen LogP contribution in [-0.4, -0.2) is 47.4 Å². The average molecular weight is 306 g/mol. The maximum atomic E-state index is 11.8. The summed E-state index contributed by atoms with van der Waals surface area (Å²) in [6.07, 6.45) is 0.00485. The number of ether oxygens (including phenoxy) is 1. The van der Waals surface area contributed by atoms with Crippen LogP contribution in [0.1, 0.15) is 38.9 Å². The minimum atomic E-state index is -0.499. The Hall–Kier alpha value is -1.59. The average Bonchev–Trinajstić information content (AvgIpc) is 2.84. The summed E-state index contributed by atoms with van der Waals surface area (Å²) in [7, 11) is 0.